The minimum atomic E-state index is 0.404. The molecule has 2 heteroatoms. The van der Waals surface area contributed by atoms with Gasteiger partial charge in [0.05, 0.1) is 12.7 Å². The predicted molar refractivity (Wildman–Crippen MR) is 51.3 cm³/mol. The zero-order valence-corrected chi connectivity index (χ0v) is 7.88. The number of nitrogens with one attached hydrogen (secondary N) is 1. The van der Waals surface area contributed by atoms with Crippen LogP contribution in [0.15, 0.2) is 12.7 Å². The molecule has 1 saturated carbocycles. The second-order valence-corrected chi connectivity index (χ2v) is 3.34. The van der Waals surface area contributed by atoms with Crippen molar-refractivity contribution in [1.29, 1.82) is 0 Å². The molecule has 0 radical (unpaired) electrons. The Hall–Kier alpha value is -0.340. The average Bonchev–Trinajstić information content (AvgIpc) is 2.15. The number of hydrogen-bond acceptors (Lipinski definition) is 2. The molecule has 12 heavy (non-hydrogen) atoms. The molecule has 2 atom stereocenters. The second kappa shape index (κ2) is 5.33. The van der Waals surface area contributed by atoms with E-state index in [4.69, 9.17) is 4.74 Å². The van der Waals surface area contributed by atoms with Gasteiger partial charge in [-0.2, -0.15) is 0 Å². The fraction of sp³-hybridized carbons (Fsp3) is 0.800. The normalized spacial score (nSPS) is 30.1. The van der Waals surface area contributed by atoms with E-state index < -0.39 is 0 Å². The molecule has 0 bridgehead atoms. The van der Waals surface area contributed by atoms with Crippen LogP contribution in [0.25, 0.3) is 0 Å². The van der Waals surface area contributed by atoms with E-state index in [0.717, 1.165) is 0 Å². The molecule has 0 aromatic heterocycles. The lowest BCUT2D eigenvalue weighted by Crippen LogP contribution is -2.41. The van der Waals surface area contributed by atoms with Crippen LogP contribution in [-0.4, -0.2) is 25.8 Å². The van der Waals surface area contributed by atoms with Crippen LogP contribution in [0.4, 0.5) is 0 Å². The van der Waals surface area contributed by atoms with Crippen molar-refractivity contribution in [2.75, 3.05) is 13.7 Å². The maximum absolute atomic E-state index is 5.66. The number of likely N-dealkylation sites (N-methyl/N-ethyl adjacent to an activating group) is 1. The highest BCUT2D eigenvalue weighted by Gasteiger charge is 2.23. The van der Waals surface area contributed by atoms with Crippen LogP contribution in [0.2, 0.25) is 0 Å². The van der Waals surface area contributed by atoms with Crippen LogP contribution >= 0.6 is 0 Å². The third kappa shape index (κ3) is 2.61. The Morgan fingerprint density at radius 2 is 2.25 bits per heavy atom. The summed E-state index contributed by atoms with van der Waals surface area (Å²) >= 11 is 0. The van der Waals surface area contributed by atoms with Gasteiger partial charge in [-0.15, -0.1) is 6.58 Å². The van der Waals surface area contributed by atoms with Crippen LogP contribution in [0.1, 0.15) is 25.7 Å². The highest BCUT2D eigenvalue weighted by molar-refractivity contribution is 4.81. The fourth-order valence-corrected chi connectivity index (χ4v) is 1.82. The molecule has 2 nitrogen and oxygen atoms in total. The Kier molecular flexibility index (Phi) is 4.33. The van der Waals surface area contributed by atoms with Crippen molar-refractivity contribution in [2.24, 2.45) is 0 Å². The molecule has 1 fully saturated rings. The monoisotopic (exact) mass is 169 g/mol. The van der Waals surface area contributed by atoms with E-state index >= 15 is 0 Å². The Balaban J connectivity index is 2.30. The van der Waals surface area contributed by atoms with Crippen LogP contribution in [0, 0.1) is 0 Å². The molecular weight excluding hydrogens is 150 g/mol. The molecule has 0 heterocycles. The van der Waals surface area contributed by atoms with Gasteiger partial charge in [-0.05, 0) is 19.9 Å². The summed E-state index contributed by atoms with van der Waals surface area (Å²) in [5, 5.41) is 3.30. The molecule has 0 spiro atoms. The summed E-state index contributed by atoms with van der Waals surface area (Å²) < 4.78 is 5.66. The summed E-state index contributed by atoms with van der Waals surface area (Å²) in [6.07, 6.45) is 7.31. The highest BCUT2D eigenvalue weighted by Crippen LogP contribution is 2.20. The van der Waals surface area contributed by atoms with E-state index in [1.165, 1.54) is 25.7 Å². The minimum Gasteiger partial charge on any atom is -0.373 e. The SMILES string of the molecule is C=CCOC1CCCCC1NC. The summed E-state index contributed by atoms with van der Waals surface area (Å²) in [5.74, 6) is 0. The Labute approximate surface area is 75.0 Å². The third-order valence-electron chi connectivity index (χ3n) is 2.50. The molecule has 0 amide bonds. The van der Waals surface area contributed by atoms with Crippen LogP contribution in [0.5, 0.6) is 0 Å². The highest BCUT2D eigenvalue weighted by atomic mass is 16.5. The van der Waals surface area contributed by atoms with Gasteiger partial charge in [-0.1, -0.05) is 18.9 Å². The summed E-state index contributed by atoms with van der Waals surface area (Å²) in [7, 11) is 2.01. The molecule has 0 aromatic carbocycles. The van der Waals surface area contributed by atoms with Gasteiger partial charge in [-0.25, -0.2) is 0 Å². The first-order valence-electron chi connectivity index (χ1n) is 4.78. The Morgan fingerprint density at radius 3 is 2.92 bits per heavy atom. The van der Waals surface area contributed by atoms with Gasteiger partial charge in [0.2, 0.25) is 0 Å². The first-order chi connectivity index (χ1) is 5.88. The third-order valence-corrected chi connectivity index (χ3v) is 2.50. The van der Waals surface area contributed by atoms with Crippen molar-refractivity contribution in [3.63, 3.8) is 0 Å². The topological polar surface area (TPSA) is 21.3 Å². The summed E-state index contributed by atoms with van der Waals surface area (Å²) in [6.45, 7) is 4.33. The molecule has 0 saturated heterocycles. The van der Waals surface area contributed by atoms with E-state index in [2.05, 4.69) is 11.9 Å². The van der Waals surface area contributed by atoms with Crippen molar-refractivity contribution in [2.45, 2.75) is 37.8 Å². The standard InChI is InChI=1S/C10H19NO/c1-3-8-12-10-7-5-4-6-9(10)11-2/h3,9-11H,1,4-8H2,2H3. The van der Waals surface area contributed by atoms with Gasteiger partial charge < -0.3 is 10.1 Å². The zero-order chi connectivity index (χ0) is 8.81. The summed E-state index contributed by atoms with van der Waals surface area (Å²) in [4.78, 5) is 0. The van der Waals surface area contributed by atoms with Crippen molar-refractivity contribution in [3.8, 4) is 0 Å². The first-order valence-corrected chi connectivity index (χ1v) is 4.78. The van der Waals surface area contributed by atoms with Crippen LogP contribution in [-0.2, 0) is 4.74 Å². The van der Waals surface area contributed by atoms with Crippen molar-refractivity contribution in [3.05, 3.63) is 12.7 Å². The fourth-order valence-electron chi connectivity index (χ4n) is 1.82. The van der Waals surface area contributed by atoms with E-state index in [9.17, 15) is 0 Å². The maximum Gasteiger partial charge on any atom is 0.0732 e. The quantitative estimate of drug-likeness (QED) is 0.647. The van der Waals surface area contributed by atoms with Gasteiger partial charge in [-0.3, -0.25) is 0 Å². The van der Waals surface area contributed by atoms with Crippen LogP contribution < -0.4 is 5.32 Å². The van der Waals surface area contributed by atoms with Gasteiger partial charge in [0.25, 0.3) is 0 Å². The lowest BCUT2D eigenvalue weighted by Gasteiger charge is -2.30. The maximum atomic E-state index is 5.66. The molecule has 0 aliphatic heterocycles. The van der Waals surface area contributed by atoms with E-state index in [0.29, 0.717) is 18.8 Å². The van der Waals surface area contributed by atoms with E-state index in [1.807, 2.05) is 13.1 Å². The predicted octanol–water partition coefficient (Wildman–Crippen LogP) is 1.72. The number of rotatable bonds is 4. The van der Waals surface area contributed by atoms with Gasteiger partial charge >= 0.3 is 0 Å². The van der Waals surface area contributed by atoms with Gasteiger partial charge in [0, 0.05) is 6.04 Å². The Bertz CT molecular complexity index is 136. The molecule has 1 aliphatic carbocycles. The van der Waals surface area contributed by atoms with Gasteiger partial charge in [0.15, 0.2) is 0 Å². The minimum absolute atomic E-state index is 0.404. The van der Waals surface area contributed by atoms with Crippen molar-refractivity contribution in [1.82, 2.24) is 5.32 Å². The van der Waals surface area contributed by atoms with E-state index in [1.54, 1.807) is 0 Å². The molecule has 70 valence electrons. The van der Waals surface area contributed by atoms with Crippen LogP contribution in [0.3, 0.4) is 0 Å². The van der Waals surface area contributed by atoms with Gasteiger partial charge in [0.1, 0.15) is 0 Å². The first kappa shape index (κ1) is 9.75. The summed E-state index contributed by atoms with van der Waals surface area (Å²) in [5.41, 5.74) is 0. The van der Waals surface area contributed by atoms with Crippen molar-refractivity contribution >= 4 is 0 Å². The van der Waals surface area contributed by atoms with Crippen molar-refractivity contribution < 1.29 is 4.74 Å². The lowest BCUT2D eigenvalue weighted by atomic mass is 9.92. The second-order valence-electron chi connectivity index (χ2n) is 3.34. The molecule has 1 aliphatic rings. The average molecular weight is 169 g/mol. The molecule has 2 unspecified atom stereocenters. The summed E-state index contributed by atoms with van der Waals surface area (Å²) in [6, 6.07) is 0.554. The Morgan fingerprint density at radius 1 is 1.50 bits per heavy atom. The largest absolute Gasteiger partial charge is 0.373 e. The zero-order valence-electron chi connectivity index (χ0n) is 7.88. The molecule has 0 aromatic rings. The molecule has 1 N–H and O–H groups in total. The number of hydrogen-bond donors (Lipinski definition) is 1. The molecule has 1 rings (SSSR count). The number of ether oxygens (including phenoxy) is 1. The smallest absolute Gasteiger partial charge is 0.0732 e. The molecular formula is C10H19NO. The lowest BCUT2D eigenvalue weighted by molar-refractivity contribution is 0.0231. The van der Waals surface area contributed by atoms with E-state index in [-0.39, 0.29) is 0 Å².